The number of furan rings is 1. The lowest BCUT2D eigenvalue weighted by molar-refractivity contribution is 0.0819. The minimum absolute atomic E-state index is 0.706. The molecule has 140 valence electrons. The van der Waals surface area contributed by atoms with Crippen LogP contribution in [0.2, 0.25) is 0 Å². The molecule has 0 amide bonds. The number of piperazine rings is 1. The van der Waals surface area contributed by atoms with Crippen LogP contribution in [0.15, 0.2) is 53.1 Å². The number of aromatic amines is 1. The van der Waals surface area contributed by atoms with Crippen molar-refractivity contribution >= 4 is 0 Å². The molecule has 0 saturated carbocycles. The van der Waals surface area contributed by atoms with Crippen molar-refractivity contribution in [2.75, 3.05) is 26.2 Å². The van der Waals surface area contributed by atoms with Crippen molar-refractivity contribution in [3.63, 3.8) is 0 Å². The lowest BCUT2D eigenvalue weighted by atomic mass is 9.87. The third kappa shape index (κ3) is 3.57. The molecule has 0 spiro atoms. The Morgan fingerprint density at radius 2 is 1.85 bits per heavy atom. The molecular formula is C22H26N4O. The Hall–Kier alpha value is -2.37. The minimum atomic E-state index is 0.706. The van der Waals surface area contributed by atoms with E-state index in [1.54, 1.807) is 17.3 Å². The Morgan fingerprint density at radius 3 is 2.67 bits per heavy atom. The van der Waals surface area contributed by atoms with Crippen molar-refractivity contribution in [3.05, 3.63) is 65.5 Å². The van der Waals surface area contributed by atoms with Gasteiger partial charge in [-0.15, -0.1) is 0 Å². The van der Waals surface area contributed by atoms with Gasteiger partial charge >= 0.3 is 0 Å². The standard InChI is InChI=1S/C22H26N4O/c1-2-4-18-15-19(6-5-17(18)3-1)26-13-11-25(12-14-26)16-20-7-8-22(27-20)21-9-10-23-24-21/h1-4,7-10,19H,5-6,11-16H2,(H,23,24). The first-order chi connectivity index (χ1) is 13.3. The van der Waals surface area contributed by atoms with Crippen molar-refractivity contribution < 1.29 is 4.42 Å². The highest BCUT2D eigenvalue weighted by Crippen LogP contribution is 2.26. The van der Waals surface area contributed by atoms with Crippen LogP contribution in [0.5, 0.6) is 0 Å². The second kappa shape index (κ2) is 7.33. The van der Waals surface area contributed by atoms with Crippen LogP contribution in [0.3, 0.4) is 0 Å². The summed E-state index contributed by atoms with van der Waals surface area (Å²) in [7, 11) is 0. The molecule has 27 heavy (non-hydrogen) atoms. The van der Waals surface area contributed by atoms with E-state index < -0.39 is 0 Å². The molecule has 1 N–H and O–H groups in total. The predicted octanol–water partition coefficient (Wildman–Crippen LogP) is 3.34. The maximum Gasteiger partial charge on any atom is 0.152 e. The fraction of sp³-hybridized carbons (Fsp3) is 0.409. The highest BCUT2D eigenvalue weighted by Gasteiger charge is 2.27. The van der Waals surface area contributed by atoms with Crippen molar-refractivity contribution in [3.8, 4) is 11.5 Å². The molecule has 2 aromatic heterocycles. The number of H-pyrrole nitrogens is 1. The maximum atomic E-state index is 5.99. The van der Waals surface area contributed by atoms with Gasteiger partial charge < -0.3 is 4.42 Å². The summed E-state index contributed by atoms with van der Waals surface area (Å²) in [6.07, 6.45) is 5.48. The molecule has 0 bridgehead atoms. The van der Waals surface area contributed by atoms with Crippen molar-refractivity contribution in [2.24, 2.45) is 0 Å². The normalized spacial score (nSPS) is 21.3. The van der Waals surface area contributed by atoms with Gasteiger partial charge in [-0.1, -0.05) is 24.3 Å². The van der Waals surface area contributed by atoms with Gasteiger partial charge in [0.1, 0.15) is 11.5 Å². The van der Waals surface area contributed by atoms with E-state index in [4.69, 9.17) is 4.42 Å². The summed E-state index contributed by atoms with van der Waals surface area (Å²) in [4.78, 5) is 5.20. The fourth-order valence-corrected chi connectivity index (χ4v) is 4.50. The predicted molar refractivity (Wildman–Crippen MR) is 105 cm³/mol. The molecule has 3 aromatic rings. The summed E-state index contributed by atoms with van der Waals surface area (Å²) in [5.41, 5.74) is 4.04. The molecule has 1 aliphatic carbocycles. The summed E-state index contributed by atoms with van der Waals surface area (Å²) in [6, 6.07) is 15.7. The van der Waals surface area contributed by atoms with Crippen molar-refractivity contribution in [2.45, 2.75) is 31.8 Å². The molecule has 3 heterocycles. The van der Waals surface area contributed by atoms with Gasteiger partial charge in [0.15, 0.2) is 5.76 Å². The number of nitrogens with zero attached hydrogens (tertiary/aromatic N) is 3. The first-order valence-corrected chi connectivity index (χ1v) is 9.97. The zero-order valence-electron chi connectivity index (χ0n) is 15.6. The number of aromatic nitrogens is 2. The molecule has 1 unspecified atom stereocenters. The minimum Gasteiger partial charge on any atom is -0.458 e. The van der Waals surface area contributed by atoms with Crippen LogP contribution < -0.4 is 0 Å². The monoisotopic (exact) mass is 362 g/mol. The molecule has 5 nitrogen and oxygen atoms in total. The lowest BCUT2D eigenvalue weighted by Crippen LogP contribution is -2.51. The molecule has 5 rings (SSSR count). The van der Waals surface area contributed by atoms with Gasteiger partial charge in [0.2, 0.25) is 0 Å². The van der Waals surface area contributed by atoms with E-state index in [1.807, 2.05) is 12.1 Å². The lowest BCUT2D eigenvalue weighted by Gasteiger charge is -2.41. The first kappa shape index (κ1) is 16.8. The second-order valence-corrected chi connectivity index (χ2v) is 7.71. The molecule has 1 atom stereocenters. The smallest absolute Gasteiger partial charge is 0.152 e. The third-order valence-corrected chi connectivity index (χ3v) is 6.05. The molecule has 2 aliphatic rings. The van der Waals surface area contributed by atoms with E-state index in [0.717, 1.165) is 49.9 Å². The maximum absolute atomic E-state index is 5.99. The third-order valence-electron chi connectivity index (χ3n) is 6.05. The number of fused-ring (bicyclic) bond motifs is 1. The van der Waals surface area contributed by atoms with Gasteiger partial charge in [0.25, 0.3) is 0 Å². The summed E-state index contributed by atoms with van der Waals surface area (Å²) in [5.74, 6) is 1.89. The molecule has 5 heteroatoms. The van der Waals surface area contributed by atoms with Gasteiger partial charge in [0, 0.05) is 38.4 Å². The van der Waals surface area contributed by atoms with Crippen LogP contribution in [-0.4, -0.2) is 52.2 Å². The number of benzene rings is 1. The molecule has 1 aliphatic heterocycles. The van der Waals surface area contributed by atoms with Crippen LogP contribution in [0.1, 0.15) is 23.3 Å². The Morgan fingerprint density at radius 1 is 1.00 bits per heavy atom. The van der Waals surface area contributed by atoms with E-state index >= 15 is 0 Å². The largest absolute Gasteiger partial charge is 0.458 e. The number of hydrogen-bond donors (Lipinski definition) is 1. The van der Waals surface area contributed by atoms with E-state index in [9.17, 15) is 0 Å². The van der Waals surface area contributed by atoms with Crippen LogP contribution in [0.4, 0.5) is 0 Å². The van der Waals surface area contributed by atoms with Gasteiger partial charge in [-0.05, 0) is 48.6 Å². The highest BCUT2D eigenvalue weighted by atomic mass is 16.3. The van der Waals surface area contributed by atoms with Crippen LogP contribution in [0.25, 0.3) is 11.5 Å². The van der Waals surface area contributed by atoms with Gasteiger partial charge in [0.05, 0.1) is 6.54 Å². The first-order valence-electron chi connectivity index (χ1n) is 9.97. The Balaban J connectivity index is 1.15. The second-order valence-electron chi connectivity index (χ2n) is 7.71. The van der Waals surface area contributed by atoms with Crippen LogP contribution in [0, 0.1) is 0 Å². The zero-order chi connectivity index (χ0) is 18.1. The van der Waals surface area contributed by atoms with Crippen LogP contribution in [-0.2, 0) is 19.4 Å². The Labute approximate surface area is 160 Å². The van der Waals surface area contributed by atoms with Gasteiger partial charge in [-0.3, -0.25) is 14.9 Å². The molecule has 1 aromatic carbocycles. The summed E-state index contributed by atoms with van der Waals surface area (Å²) < 4.78 is 5.99. The SMILES string of the molecule is c1ccc2c(c1)CCC(N1CCN(Cc3ccc(-c4ccn[nH]4)o3)CC1)C2. The average molecular weight is 362 g/mol. The quantitative estimate of drug-likeness (QED) is 0.773. The fourth-order valence-electron chi connectivity index (χ4n) is 4.50. The summed E-state index contributed by atoms with van der Waals surface area (Å²) >= 11 is 0. The molecular weight excluding hydrogens is 336 g/mol. The topological polar surface area (TPSA) is 48.3 Å². The summed E-state index contributed by atoms with van der Waals surface area (Å²) in [6.45, 7) is 5.41. The highest BCUT2D eigenvalue weighted by molar-refractivity contribution is 5.51. The molecule has 0 radical (unpaired) electrons. The van der Waals surface area contributed by atoms with Crippen LogP contribution >= 0.6 is 0 Å². The van der Waals surface area contributed by atoms with Gasteiger partial charge in [-0.25, -0.2) is 0 Å². The summed E-state index contributed by atoms with van der Waals surface area (Å²) in [5, 5.41) is 6.94. The van der Waals surface area contributed by atoms with E-state index in [0.29, 0.717) is 6.04 Å². The van der Waals surface area contributed by atoms with Gasteiger partial charge in [-0.2, -0.15) is 5.10 Å². The molecule has 1 fully saturated rings. The number of hydrogen-bond acceptors (Lipinski definition) is 4. The zero-order valence-corrected chi connectivity index (χ0v) is 15.6. The number of aryl methyl sites for hydroxylation is 1. The number of rotatable bonds is 4. The van der Waals surface area contributed by atoms with Crippen molar-refractivity contribution in [1.29, 1.82) is 0 Å². The average Bonchev–Trinajstić information content (AvgIpc) is 3.40. The van der Waals surface area contributed by atoms with E-state index in [1.165, 1.54) is 19.3 Å². The molecule has 1 saturated heterocycles. The number of nitrogens with one attached hydrogen (secondary N) is 1. The Bertz CT molecular complexity index is 877. The van der Waals surface area contributed by atoms with E-state index in [-0.39, 0.29) is 0 Å². The Kier molecular flexibility index (Phi) is 4.56. The van der Waals surface area contributed by atoms with Crippen molar-refractivity contribution in [1.82, 2.24) is 20.0 Å². The van der Waals surface area contributed by atoms with E-state index in [2.05, 4.69) is 50.3 Å².